The second kappa shape index (κ2) is 4.88. The summed E-state index contributed by atoms with van der Waals surface area (Å²) in [6.07, 6.45) is -0.227. The summed E-state index contributed by atoms with van der Waals surface area (Å²) in [7, 11) is 1.53. The predicted molar refractivity (Wildman–Crippen MR) is 81.8 cm³/mol. The first-order valence-electron chi connectivity index (χ1n) is 7.73. The number of aryl methyl sites for hydroxylation is 1. The van der Waals surface area contributed by atoms with Crippen molar-refractivity contribution in [3.63, 3.8) is 0 Å². The fourth-order valence-corrected chi connectivity index (χ4v) is 3.89. The number of amides is 1. The lowest BCUT2D eigenvalue weighted by Gasteiger charge is -2.16. The fraction of sp³-hybridized carbons (Fsp3) is 0.412. The Morgan fingerprint density at radius 2 is 2.22 bits per heavy atom. The third kappa shape index (κ3) is 2.16. The minimum atomic E-state index is -2.77. The molecule has 0 spiro atoms. The second-order valence-corrected chi connectivity index (χ2v) is 6.46. The number of hydrogen-bond acceptors (Lipinski definition) is 2. The molecule has 1 unspecified atom stereocenters. The van der Waals surface area contributed by atoms with Crippen molar-refractivity contribution >= 4 is 11.6 Å². The lowest BCUT2D eigenvalue weighted by molar-refractivity contribution is 0.101. The fourth-order valence-electron chi connectivity index (χ4n) is 3.89. The number of carbonyl (C=O) groups is 1. The lowest BCUT2D eigenvalue weighted by atomic mass is 9.96. The Balaban J connectivity index is 1.66. The molecular formula is C17H17F2N3O. The Hall–Kier alpha value is -2.24. The van der Waals surface area contributed by atoms with Crippen molar-refractivity contribution in [2.75, 3.05) is 5.32 Å². The minimum Gasteiger partial charge on any atom is -0.322 e. The molecule has 0 bridgehead atoms. The molecule has 23 heavy (non-hydrogen) atoms. The summed E-state index contributed by atoms with van der Waals surface area (Å²) in [5.74, 6) is 1.13. The molecule has 4 nitrogen and oxygen atoms in total. The summed E-state index contributed by atoms with van der Waals surface area (Å²) in [5.41, 5.74) is 2.63. The minimum absolute atomic E-state index is 0.0732. The number of aromatic nitrogens is 2. The Morgan fingerprint density at radius 3 is 2.96 bits per heavy atom. The van der Waals surface area contributed by atoms with Crippen molar-refractivity contribution in [1.29, 1.82) is 0 Å². The number of alkyl halides is 2. The summed E-state index contributed by atoms with van der Waals surface area (Å²) in [4.78, 5) is 12.5. The molecule has 2 aromatic rings. The van der Waals surface area contributed by atoms with Gasteiger partial charge in [-0.15, -0.1) is 0 Å². The first-order chi connectivity index (χ1) is 11.0. The van der Waals surface area contributed by atoms with E-state index in [1.54, 1.807) is 0 Å². The van der Waals surface area contributed by atoms with Crippen LogP contribution in [0, 0.1) is 5.92 Å². The van der Waals surface area contributed by atoms with Gasteiger partial charge in [0.25, 0.3) is 12.3 Å². The van der Waals surface area contributed by atoms with E-state index in [1.807, 2.05) is 12.1 Å². The van der Waals surface area contributed by atoms with Gasteiger partial charge in [-0.05, 0) is 41.4 Å². The van der Waals surface area contributed by atoms with Crippen molar-refractivity contribution in [3.8, 4) is 0 Å². The largest absolute Gasteiger partial charge is 0.322 e. The van der Waals surface area contributed by atoms with E-state index in [9.17, 15) is 13.6 Å². The van der Waals surface area contributed by atoms with Gasteiger partial charge in [-0.3, -0.25) is 9.48 Å². The van der Waals surface area contributed by atoms with Crippen molar-refractivity contribution in [2.24, 2.45) is 13.0 Å². The zero-order chi connectivity index (χ0) is 16.3. The van der Waals surface area contributed by atoms with Crippen LogP contribution >= 0.6 is 0 Å². The van der Waals surface area contributed by atoms with E-state index in [-0.39, 0.29) is 5.56 Å². The number of nitrogens with one attached hydrogen (secondary N) is 1. The molecule has 1 aromatic heterocycles. The summed E-state index contributed by atoms with van der Waals surface area (Å²) < 4.78 is 27.3. The van der Waals surface area contributed by atoms with E-state index in [2.05, 4.69) is 23.4 Å². The maximum atomic E-state index is 13.0. The van der Waals surface area contributed by atoms with Crippen LogP contribution in [0.2, 0.25) is 0 Å². The van der Waals surface area contributed by atoms with E-state index >= 15 is 0 Å². The first kappa shape index (κ1) is 14.4. The van der Waals surface area contributed by atoms with Gasteiger partial charge in [0.15, 0.2) is 0 Å². The molecule has 2 aliphatic carbocycles. The molecular weight excluding hydrogens is 300 g/mol. The van der Waals surface area contributed by atoms with Gasteiger partial charge in [-0.25, -0.2) is 8.78 Å². The Bertz CT molecular complexity index is 799. The van der Waals surface area contributed by atoms with Crippen LogP contribution in [0.25, 0.3) is 0 Å². The highest BCUT2D eigenvalue weighted by atomic mass is 19.3. The molecule has 0 saturated heterocycles. The van der Waals surface area contributed by atoms with Gasteiger partial charge >= 0.3 is 0 Å². The quantitative estimate of drug-likeness (QED) is 0.935. The van der Waals surface area contributed by atoms with Crippen LogP contribution in [0.1, 0.15) is 58.8 Å². The lowest BCUT2D eigenvalue weighted by Crippen LogP contribution is -2.15. The van der Waals surface area contributed by atoms with Crippen molar-refractivity contribution in [2.45, 2.75) is 31.6 Å². The molecule has 4 rings (SSSR count). The maximum Gasteiger partial charge on any atom is 0.282 e. The van der Waals surface area contributed by atoms with Crippen molar-refractivity contribution in [1.82, 2.24) is 9.78 Å². The standard InChI is InChI=1S/C17H17F2N3O/c1-8-10-6-11(10)9-4-3-5-13(14(8)9)20-17(23)12-7-22(2)21-15(12)16(18)19/h3-5,7-8,10-11,16H,6H2,1-2H3,(H,20,23)/t8-,10?,11+/m0/s1. The number of anilines is 1. The summed E-state index contributed by atoms with van der Waals surface area (Å²) in [5, 5.41) is 6.50. The first-order valence-corrected chi connectivity index (χ1v) is 7.73. The Kier molecular flexibility index (Phi) is 3.04. The third-order valence-electron chi connectivity index (χ3n) is 5.03. The highest BCUT2D eigenvalue weighted by Gasteiger charge is 2.50. The molecule has 0 radical (unpaired) electrons. The molecule has 1 fully saturated rings. The maximum absolute atomic E-state index is 13.0. The topological polar surface area (TPSA) is 46.9 Å². The summed E-state index contributed by atoms with van der Waals surface area (Å²) in [6.45, 7) is 2.17. The number of fused-ring (bicyclic) bond motifs is 3. The average molecular weight is 317 g/mol. The molecule has 6 heteroatoms. The highest BCUT2D eigenvalue weighted by molar-refractivity contribution is 6.05. The molecule has 1 aromatic carbocycles. The van der Waals surface area contributed by atoms with Gasteiger partial charge in [0.1, 0.15) is 5.69 Å². The number of nitrogens with zero attached hydrogens (tertiary/aromatic N) is 2. The molecule has 1 N–H and O–H groups in total. The zero-order valence-corrected chi connectivity index (χ0v) is 12.9. The second-order valence-electron chi connectivity index (χ2n) is 6.46. The van der Waals surface area contributed by atoms with Crippen LogP contribution in [0.5, 0.6) is 0 Å². The number of hydrogen-bond donors (Lipinski definition) is 1. The van der Waals surface area contributed by atoms with E-state index in [0.29, 0.717) is 17.8 Å². The molecule has 3 atom stereocenters. The van der Waals surface area contributed by atoms with Gasteiger partial charge in [0.2, 0.25) is 0 Å². The van der Waals surface area contributed by atoms with E-state index in [1.165, 1.54) is 29.9 Å². The normalized spacial score (nSPS) is 24.5. The number of rotatable bonds is 3. The smallest absolute Gasteiger partial charge is 0.282 e. The monoisotopic (exact) mass is 317 g/mol. The van der Waals surface area contributed by atoms with Crippen molar-refractivity contribution in [3.05, 3.63) is 46.8 Å². The van der Waals surface area contributed by atoms with Crippen LogP contribution in [-0.4, -0.2) is 15.7 Å². The zero-order valence-electron chi connectivity index (χ0n) is 12.9. The number of carbonyl (C=O) groups excluding carboxylic acids is 1. The third-order valence-corrected chi connectivity index (χ3v) is 5.03. The summed E-state index contributed by atoms with van der Waals surface area (Å²) in [6, 6.07) is 5.86. The summed E-state index contributed by atoms with van der Waals surface area (Å²) >= 11 is 0. The Morgan fingerprint density at radius 1 is 1.43 bits per heavy atom. The molecule has 2 aliphatic rings. The van der Waals surface area contributed by atoms with E-state index in [0.717, 1.165) is 11.3 Å². The highest BCUT2D eigenvalue weighted by Crippen LogP contribution is 2.63. The van der Waals surface area contributed by atoms with E-state index in [4.69, 9.17) is 0 Å². The molecule has 120 valence electrons. The number of benzene rings is 1. The van der Waals surface area contributed by atoms with Crippen LogP contribution in [0.4, 0.5) is 14.5 Å². The SMILES string of the molecule is C[C@@H]1c2c(NC(=O)c3cn(C)nc3C(F)F)cccc2[C@H]2CC12. The number of halogens is 2. The predicted octanol–water partition coefficient (Wildman–Crippen LogP) is 3.83. The van der Waals surface area contributed by atoms with Gasteiger partial charge in [-0.1, -0.05) is 19.1 Å². The van der Waals surface area contributed by atoms with E-state index < -0.39 is 18.0 Å². The van der Waals surface area contributed by atoms with Gasteiger partial charge < -0.3 is 5.32 Å². The van der Waals surface area contributed by atoms with Gasteiger partial charge in [0, 0.05) is 18.9 Å². The van der Waals surface area contributed by atoms with Crippen LogP contribution < -0.4 is 5.32 Å². The molecule has 1 heterocycles. The average Bonchev–Trinajstić information content (AvgIpc) is 3.13. The van der Waals surface area contributed by atoms with Crippen LogP contribution in [-0.2, 0) is 7.05 Å². The van der Waals surface area contributed by atoms with Crippen molar-refractivity contribution < 1.29 is 13.6 Å². The molecule has 1 saturated carbocycles. The van der Waals surface area contributed by atoms with Gasteiger partial charge in [-0.2, -0.15) is 5.10 Å². The Labute approximate surface area is 132 Å². The van der Waals surface area contributed by atoms with Gasteiger partial charge in [0.05, 0.1) is 5.56 Å². The molecule has 0 aliphatic heterocycles. The van der Waals surface area contributed by atoms with Crippen LogP contribution in [0.15, 0.2) is 24.4 Å². The van der Waals surface area contributed by atoms with Crippen LogP contribution in [0.3, 0.4) is 0 Å². The molecule has 1 amide bonds.